The third-order valence-electron chi connectivity index (χ3n) is 11.8. The van der Waals surface area contributed by atoms with Gasteiger partial charge < -0.3 is 14.2 Å². The maximum atomic E-state index is 12.8. The molecule has 0 saturated heterocycles. The van der Waals surface area contributed by atoms with E-state index in [0.29, 0.717) is 19.3 Å². The van der Waals surface area contributed by atoms with Crippen molar-refractivity contribution in [2.45, 2.75) is 277 Å². The van der Waals surface area contributed by atoms with Crippen LogP contribution in [0.3, 0.4) is 0 Å². The molecule has 370 valence electrons. The molecule has 0 rings (SSSR count). The highest BCUT2D eigenvalue weighted by atomic mass is 16.6. The molecule has 0 aromatic rings. The highest BCUT2D eigenvalue weighted by molar-refractivity contribution is 5.71. The van der Waals surface area contributed by atoms with E-state index in [1.54, 1.807) is 0 Å². The number of allylic oxidation sites excluding steroid dienone is 10. The van der Waals surface area contributed by atoms with Crippen LogP contribution in [0.25, 0.3) is 0 Å². The van der Waals surface area contributed by atoms with Crippen LogP contribution in [0.1, 0.15) is 271 Å². The molecule has 6 heteroatoms. The van der Waals surface area contributed by atoms with Crippen LogP contribution in [0.4, 0.5) is 0 Å². The fourth-order valence-electron chi connectivity index (χ4n) is 7.71. The Morgan fingerprint density at radius 1 is 0.328 bits per heavy atom. The molecule has 0 N–H and O–H groups in total. The van der Waals surface area contributed by atoms with Gasteiger partial charge in [-0.15, -0.1) is 0 Å². The van der Waals surface area contributed by atoms with Gasteiger partial charge in [-0.25, -0.2) is 0 Å². The number of unbranched alkanes of at least 4 members (excludes halogenated alkanes) is 28. The van der Waals surface area contributed by atoms with Crippen LogP contribution >= 0.6 is 0 Å². The quantitative estimate of drug-likeness (QED) is 0.0262. The van der Waals surface area contributed by atoms with Gasteiger partial charge in [0.2, 0.25) is 0 Å². The molecule has 0 unspecified atom stereocenters. The number of ether oxygens (including phenoxy) is 3. The standard InChI is InChI=1S/C58H102O6/c1-4-7-10-13-16-19-22-25-28-29-31-33-36-39-42-45-48-51-57(60)63-54-55(53-62-56(59)50-47-44-41-38-35-32-27-24-21-18-15-12-9-6-3)64-58(61)52-49-46-43-40-37-34-30-26-23-20-17-14-11-8-5-2/h7,10,16,19,25,28,31,33,39,42,55H,4-6,8-9,11-15,17-18,20-24,26-27,29-30,32,34-38,40-41,43-54H2,1-3H3/b10-7+,19-16+,28-25+,33-31+,42-39+/t55-/m1/s1. The molecule has 0 spiro atoms. The Morgan fingerprint density at radius 2 is 0.609 bits per heavy atom. The summed E-state index contributed by atoms with van der Waals surface area (Å²) in [4.78, 5) is 38.0. The monoisotopic (exact) mass is 895 g/mol. The molecule has 0 amide bonds. The van der Waals surface area contributed by atoms with Crippen molar-refractivity contribution in [3.63, 3.8) is 0 Å². The normalized spacial score (nSPS) is 12.5. The summed E-state index contributed by atoms with van der Waals surface area (Å²) in [6, 6.07) is 0. The number of esters is 3. The predicted octanol–water partition coefficient (Wildman–Crippen LogP) is 18.0. The van der Waals surface area contributed by atoms with Crippen molar-refractivity contribution in [2.24, 2.45) is 0 Å². The summed E-state index contributed by atoms with van der Waals surface area (Å²) in [6.45, 7) is 6.50. The van der Waals surface area contributed by atoms with Crippen molar-refractivity contribution in [3.05, 3.63) is 60.8 Å². The molecular weight excluding hydrogens is 793 g/mol. The Kier molecular flexibility index (Phi) is 50.4. The minimum Gasteiger partial charge on any atom is -0.462 e. The maximum absolute atomic E-state index is 12.8. The van der Waals surface area contributed by atoms with E-state index in [1.807, 2.05) is 0 Å². The Morgan fingerprint density at radius 3 is 0.953 bits per heavy atom. The molecule has 1 atom stereocenters. The number of carbonyl (C=O) groups is 3. The van der Waals surface area contributed by atoms with E-state index < -0.39 is 6.10 Å². The molecule has 0 heterocycles. The Labute approximate surface area is 396 Å². The van der Waals surface area contributed by atoms with Crippen LogP contribution in [0.2, 0.25) is 0 Å². The first-order valence-corrected chi connectivity index (χ1v) is 27.3. The lowest BCUT2D eigenvalue weighted by atomic mass is 10.0. The zero-order chi connectivity index (χ0) is 46.5. The molecular formula is C58H102O6. The Hall–Kier alpha value is -2.89. The zero-order valence-corrected chi connectivity index (χ0v) is 42.3. The molecule has 0 aliphatic rings. The van der Waals surface area contributed by atoms with Crippen molar-refractivity contribution in [3.8, 4) is 0 Å². The van der Waals surface area contributed by atoms with Gasteiger partial charge in [-0.2, -0.15) is 0 Å². The van der Waals surface area contributed by atoms with Gasteiger partial charge in [0, 0.05) is 19.3 Å². The largest absolute Gasteiger partial charge is 0.462 e. The van der Waals surface area contributed by atoms with E-state index >= 15 is 0 Å². The first-order valence-electron chi connectivity index (χ1n) is 27.3. The third kappa shape index (κ3) is 50.1. The molecule has 6 nitrogen and oxygen atoms in total. The zero-order valence-electron chi connectivity index (χ0n) is 42.3. The van der Waals surface area contributed by atoms with Crippen molar-refractivity contribution in [1.29, 1.82) is 0 Å². The summed E-state index contributed by atoms with van der Waals surface area (Å²) >= 11 is 0. The minimum absolute atomic E-state index is 0.0879. The molecule has 0 aliphatic carbocycles. The Balaban J connectivity index is 4.44. The molecule has 0 radical (unpaired) electrons. The topological polar surface area (TPSA) is 78.9 Å². The Bertz CT molecular complexity index is 1170. The molecule has 0 aliphatic heterocycles. The SMILES string of the molecule is CC/C=C/C/C=C/C/C=C/C/C=C/C/C=C/CCCC(=O)OC[C@@H](COC(=O)CCCCCCCCCCCCCCCC)OC(=O)CCCCCCCCCCCCCCCCC. The number of carbonyl (C=O) groups excluding carboxylic acids is 3. The molecule has 0 saturated carbocycles. The summed E-state index contributed by atoms with van der Waals surface area (Å²) in [5, 5.41) is 0. The third-order valence-corrected chi connectivity index (χ3v) is 11.8. The van der Waals surface area contributed by atoms with E-state index in [1.165, 1.54) is 148 Å². The lowest BCUT2D eigenvalue weighted by molar-refractivity contribution is -0.167. The van der Waals surface area contributed by atoms with Crippen LogP contribution in [0, 0.1) is 0 Å². The van der Waals surface area contributed by atoms with Crippen LogP contribution in [0.5, 0.6) is 0 Å². The summed E-state index contributed by atoms with van der Waals surface area (Å²) in [6.07, 6.45) is 64.9. The van der Waals surface area contributed by atoms with Crippen molar-refractivity contribution in [1.82, 2.24) is 0 Å². The van der Waals surface area contributed by atoms with E-state index in [4.69, 9.17) is 14.2 Å². The van der Waals surface area contributed by atoms with E-state index in [-0.39, 0.29) is 37.5 Å². The summed E-state index contributed by atoms with van der Waals surface area (Å²) < 4.78 is 16.8. The lowest BCUT2D eigenvalue weighted by Gasteiger charge is -2.18. The van der Waals surface area contributed by atoms with Gasteiger partial charge in [0.1, 0.15) is 13.2 Å². The lowest BCUT2D eigenvalue weighted by Crippen LogP contribution is -2.30. The van der Waals surface area contributed by atoms with Gasteiger partial charge in [-0.1, -0.05) is 255 Å². The number of rotatable bonds is 49. The van der Waals surface area contributed by atoms with E-state index in [2.05, 4.69) is 81.5 Å². The first-order chi connectivity index (χ1) is 31.5. The highest BCUT2D eigenvalue weighted by Gasteiger charge is 2.19. The van der Waals surface area contributed by atoms with Crippen LogP contribution in [-0.2, 0) is 28.6 Å². The summed E-state index contributed by atoms with van der Waals surface area (Å²) in [7, 11) is 0. The van der Waals surface area contributed by atoms with E-state index in [0.717, 1.165) is 77.0 Å². The smallest absolute Gasteiger partial charge is 0.306 e. The van der Waals surface area contributed by atoms with Gasteiger partial charge in [0.25, 0.3) is 0 Å². The van der Waals surface area contributed by atoms with Gasteiger partial charge in [0.15, 0.2) is 6.10 Å². The van der Waals surface area contributed by atoms with Gasteiger partial charge in [-0.3, -0.25) is 14.4 Å². The molecule has 64 heavy (non-hydrogen) atoms. The molecule has 0 aromatic heterocycles. The van der Waals surface area contributed by atoms with Gasteiger partial charge in [-0.05, 0) is 57.8 Å². The van der Waals surface area contributed by atoms with Crippen LogP contribution in [0.15, 0.2) is 60.8 Å². The number of hydrogen-bond donors (Lipinski definition) is 0. The van der Waals surface area contributed by atoms with Gasteiger partial charge in [0.05, 0.1) is 0 Å². The van der Waals surface area contributed by atoms with Crippen LogP contribution in [-0.4, -0.2) is 37.2 Å². The van der Waals surface area contributed by atoms with Crippen molar-refractivity contribution in [2.75, 3.05) is 13.2 Å². The molecule has 0 aromatic carbocycles. The fourth-order valence-corrected chi connectivity index (χ4v) is 7.71. The highest BCUT2D eigenvalue weighted by Crippen LogP contribution is 2.16. The average Bonchev–Trinajstić information content (AvgIpc) is 3.29. The van der Waals surface area contributed by atoms with E-state index in [9.17, 15) is 14.4 Å². The summed E-state index contributed by atoms with van der Waals surface area (Å²) in [5.41, 5.74) is 0. The fraction of sp³-hybridized carbons (Fsp3) is 0.776. The second kappa shape index (κ2) is 52.7. The predicted molar refractivity (Wildman–Crippen MR) is 275 cm³/mol. The van der Waals surface area contributed by atoms with Gasteiger partial charge >= 0.3 is 17.9 Å². The minimum atomic E-state index is -0.793. The van der Waals surface area contributed by atoms with Crippen molar-refractivity contribution >= 4 is 17.9 Å². The van der Waals surface area contributed by atoms with Crippen molar-refractivity contribution < 1.29 is 28.6 Å². The average molecular weight is 895 g/mol. The maximum Gasteiger partial charge on any atom is 0.306 e. The second-order valence-corrected chi connectivity index (χ2v) is 18.1. The first kappa shape index (κ1) is 61.1. The summed E-state index contributed by atoms with van der Waals surface area (Å²) in [5.74, 6) is -0.938. The van der Waals surface area contributed by atoms with Crippen LogP contribution < -0.4 is 0 Å². The second-order valence-electron chi connectivity index (χ2n) is 18.1. The molecule has 0 bridgehead atoms. The number of hydrogen-bond acceptors (Lipinski definition) is 6. The molecule has 0 fully saturated rings.